The molecule has 5 heteroatoms. The van der Waals surface area contributed by atoms with Gasteiger partial charge in [0.1, 0.15) is 5.51 Å². The molecule has 0 N–H and O–H groups in total. The topological polar surface area (TPSA) is 47.3 Å². The summed E-state index contributed by atoms with van der Waals surface area (Å²) in [4.78, 5) is 16.8. The van der Waals surface area contributed by atoms with E-state index in [-0.39, 0.29) is 5.56 Å². The van der Waals surface area contributed by atoms with Gasteiger partial charge in [0.25, 0.3) is 5.56 Å². The molecule has 3 aromatic rings. The monoisotopic (exact) mass is 269 g/mol. The Labute approximate surface area is 113 Å². The summed E-state index contributed by atoms with van der Waals surface area (Å²) >= 11 is 1.35. The van der Waals surface area contributed by atoms with Crippen LogP contribution in [0.3, 0.4) is 0 Å². The minimum atomic E-state index is -0.157. The summed E-state index contributed by atoms with van der Waals surface area (Å²) in [7, 11) is 0. The molecule has 0 aliphatic rings. The van der Waals surface area contributed by atoms with Crippen LogP contribution in [0.1, 0.15) is 16.8 Å². The lowest BCUT2D eigenvalue weighted by Gasteiger charge is -1.98. The summed E-state index contributed by atoms with van der Waals surface area (Å²) in [5.74, 6) is 0. The molecule has 0 radical (unpaired) electrons. The largest absolute Gasteiger partial charge is 0.275 e. The van der Waals surface area contributed by atoms with E-state index in [0.717, 1.165) is 5.56 Å². The molecule has 4 nitrogen and oxygen atoms in total. The van der Waals surface area contributed by atoms with Crippen LogP contribution in [0.2, 0.25) is 0 Å². The fourth-order valence-electron chi connectivity index (χ4n) is 1.81. The van der Waals surface area contributed by atoms with Gasteiger partial charge >= 0.3 is 0 Å². The summed E-state index contributed by atoms with van der Waals surface area (Å²) in [5, 5.41) is 3.93. The van der Waals surface area contributed by atoms with Crippen molar-refractivity contribution >= 4 is 28.4 Å². The van der Waals surface area contributed by atoms with Crippen LogP contribution in [-0.4, -0.2) is 14.6 Å². The molecule has 94 valence electrons. The second-order valence-electron chi connectivity index (χ2n) is 4.14. The van der Waals surface area contributed by atoms with Gasteiger partial charge in [0.05, 0.1) is 5.69 Å². The van der Waals surface area contributed by atoms with Crippen LogP contribution in [0.4, 0.5) is 0 Å². The van der Waals surface area contributed by atoms with Crippen molar-refractivity contribution in [1.29, 1.82) is 0 Å². The highest BCUT2D eigenvalue weighted by Gasteiger charge is 2.02. The van der Waals surface area contributed by atoms with Crippen LogP contribution in [0, 0.1) is 6.92 Å². The van der Waals surface area contributed by atoms with Gasteiger partial charge in [-0.1, -0.05) is 41.7 Å². The van der Waals surface area contributed by atoms with E-state index in [4.69, 9.17) is 0 Å². The van der Waals surface area contributed by atoms with Gasteiger partial charge < -0.3 is 0 Å². The van der Waals surface area contributed by atoms with Gasteiger partial charge in [-0.2, -0.15) is 9.61 Å². The summed E-state index contributed by atoms with van der Waals surface area (Å²) in [5.41, 5.74) is 4.41. The van der Waals surface area contributed by atoms with Crippen LogP contribution in [-0.2, 0) is 0 Å². The van der Waals surface area contributed by atoms with E-state index in [1.54, 1.807) is 5.51 Å². The molecule has 0 bridgehead atoms. The molecule has 0 atom stereocenters. The third kappa shape index (κ3) is 2.32. The average Bonchev–Trinajstić information content (AvgIpc) is 2.87. The Hall–Kier alpha value is -2.27. The van der Waals surface area contributed by atoms with Crippen molar-refractivity contribution in [2.75, 3.05) is 0 Å². The van der Waals surface area contributed by atoms with Crippen molar-refractivity contribution in [2.24, 2.45) is 0 Å². The Kier molecular flexibility index (Phi) is 2.97. The number of hydrogen-bond donors (Lipinski definition) is 0. The number of rotatable bonds is 2. The van der Waals surface area contributed by atoms with Gasteiger partial charge in [0, 0.05) is 6.07 Å². The molecule has 0 amide bonds. The number of hydrogen-bond acceptors (Lipinski definition) is 4. The van der Waals surface area contributed by atoms with Crippen molar-refractivity contribution in [2.45, 2.75) is 6.92 Å². The third-order valence-corrected chi connectivity index (χ3v) is 3.50. The van der Waals surface area contributed by atoms with E-state index in [1.165, 1.54) is 27.5 Å². The molecule has 0 unspecified atom stereocenters. The zero-order valence-corrected chi connectivity index (χ0v) is 11.1. The SMILES string of the molecule is Cc1ccccc1/C=C/c1cc(=O)n2ncsc2n1. The number of aromatic nitrogens is 3. The van der Waals surface area contributed by atoms with Gasteiger partial charge in [-0.3, -0.25) is 4.79 Å². The Bertz CT molecular complexity index is 817. The lowest BCUT2D eigenvalue weighted by molar-refractivity contribution is 0.897. The first-order valence-electron chi connectivity index (χ1n) is 5.81. The van der Waals surface area contributed by atoms with Gasteiger partial charge in [-0.15, -0.1) is 0 Å². The summed E-state index contributed by atoms with van der Waals surface area (Å²) in [6, 6.07) is 9.56. The molecular weight excluding hydrogens is 258 g/mol. The molecule has 0 aliphatic heterocycles. The smallest absolute Gasteiger partial charge is 0.267 e. The van der Waals surface area contributed by atoms with Crippen LogP contribution in [0.5, 0.6) is 0 Å². The minimum absolute atomic E-state index is 0.157. The molecule has 0 saturated heterocycles. The van der Waals surface area contributed by atoms with Crippen LogP contribution < -0.4 is 5.56 Å². The highest BCUT2D eigenvalue weighted by atomic mass is 32.1. The first kappa shape index (κ1) is 11.8. The van der Waals surface area contributed by atoms with E-state index < -0.39 is 0 Å². The maximum atomic E-state index is 11.8. The molecule has 2 heterocycles. The number of benzene rings is 1. The fraction of sp³-hybridized carbons (Fsp3) is 0.0714. The lowest BCUT2D eigenvalue weighted by Crippen LogP contribution is -2.13. The summed E-state index contributed by atoms with van der Waals surface area (Å²) < 4.78 is 1.30. The van der Waals surface area contributed by atoms with Crippen molar-refractivity contribution in [3.63, 3.8) is 0 Å². The highest BCUT2D eigenvalue weighted by molar-refractivity contribution is 7.14. The minimum Gasteiger partial charge on any atom is -0.267 e. The normalized spacial score (nSPS) is 11.4. The van der Waals surface area contributed by atoms with E-state index >= 15 is 0 Å². The van der Waals surface area contributed by atoms with E-state index in [9.17, 15) is 4.79 Å². The predicted octanol–water partition coefficient (Wildman–Crippen LogP) is 2.63. The quantitative estimate of drug-likeness (QED) is 0.718. The molecule has 0 fully saturated rings. The molecule has 3 rings (SSSR count). The van der Waals surface area contributed by atoms with Gasteiger partial charge in [0.2, 0.25) is 4.96 Å². The van der Waals surface area contributed by atoms with Crippen LogP contribution in [0.15, 0.2) is 40.6 Å². The Morgan fingerprint density at radius 3 is 2.95 bits per heavy atom. The number of fused-ring (bicyclic) bond motifs is 1. The average molecular weight is 269 g/mol. The van der Waals surface area contributed by atoms with Gasteiger partial charge in [-0.05, 0) is 24.1 Å². The fourth-order valence-corrected chi connectivity index (χ4v) is 2.44. The van der Waals surface area contributed by atoms with Gasteiger partial charge in [-0.25, -0.2) is 4.98 Å². The Morgan fingerprint density at radius 1 is 1.26 bits per heavy atom. The van der Waals surface area contributed by atoms with Crippen LogP contribution >= 0.6 is 11.3 Å². The second kappa shape index (κ2) is 4.78. The van der Waals surface area contributed by atoms with Crippen molar-refractivity contribution in [3.05, 3.63) is 63.0 Å². The standard InChI is InChI=1S/C14H11N3OS/c1-10-4-2-3-5-11(10)6-7-12-8-13(18)17-14(16-12)19-9-15-17/h2-9H,1H3/b7-6+. The third-order valence-electron chi connectivity index (χ3n) is 2.83. The molecule has 1 aromatic carbocycles. The second-order valence-corrected chi connectivity index (χ2v) is 4.95. The van der Waals surface area contributed by atoms with Crippen LogP contribution in [0.25, 0.3) is 17.1 Å². The van der Waals surface area contributed by atoms with E-state index in [1.807, 2.05) is 43.3 Å². The van der Waals surface area contributed by atoms with Crippen molar-refractivity contribution in [3.8, 4) is 0 Å². The summed E-state index contributed by atoms with van der Waals surface area (Å²) in [6.45, 7) is 2.05. The number of nitrogens with zero attached hydrogens (tertiary/aromatic N) is 3. The molecule has 2 aromatic heterocycles. The predicted molar refractivity (Wildman–Crippen MR) is 77.2 cm³/mol. The maximum Gasteiger partial charge on any atom is 0.275 e. The first-order valence-corrected chi connectivity index (χ1v) is 6.69. The molecule has 0 saturated carbocycles. The van der Waals surface area contributed by atoms with E-state index in [0.29, 0.717) is 10.7 Å². The Morgan fingerprint density at radius 2 is 2.11 bits per heavy atom. The lowest BCUT2D eigenvalue weighted by atomic mass is 10.1. The maximum absolute atomic E-state index is 11.8. The molecule has 19 heavy (non-hydrogen) atoms. The van der Waals surface area contributed by atoms with E-state index in [2.05, 4.69) is 10.1 Å². The Balaban J connectivity index is 2.02. The molecular formula is C14H11N3OS. The summed E-state index contributed by atoms with van der Waals surface area (Å²) in [6.07, 6.45) is 3.82. The molecule has 0 aliphatic carbocycles. The van der Waals surface area contributed by atoms with Gasteiger partial charge in [0.15, 0.2) is 0 Å². The zero-order chi connectivity index (χ0) is 13.2. The van der Waals surface area contributed by atoms with Crippen molar-refractivity contribution in [1.82, 2.24) is 14.6 Å². The first-order chi connectivity index (χ1) is 9.24. The molecule has 0 spiro atoms. The number of aryl methyl sites for hydroxylation is 1. The zero-order valence-electron chi connectivity index (χ0n) is 10.3. The van der Waals surface area contributed by atoms with Crippen molar-refractivity contribution < 1.29 is 0 Å². The highest BCUT2D eigenvalue weighted by Crippen LogP contribution is 2.11.